The van der Waals surface area contributed by atoms with Crippen molar-refractivity contribution in [2.75, 3.05) is 0 Å². The Morgan fingerprint density at radius 3 is 2.00 bits per heavy atom. The Balaban J connectivity index is 2.63. The molecule has 0 radical (unpaired) electrons. The van der Waals surface area contributed by atoms with E-state index < -0.39 is 0 Å². The van der Waals surface area contributed by atoms with Crippen LogP contribution >= 0.6 is 0 Å². The predicted molar refractivity (Wildman–Crippen MR) is 55.1 cm³/mol. The van der Waals surface area contributed by atoms with E-state index in [1.165, 1.54) is 12.8 Å². The Bertz CT molecular complexity index is 134. The van der Waals surface area contributed by atoms with Crippen LogP contribution in [0.2, 0.25) is 0 Å². The molecule has 0 saturated heterocycles. The van der Waals surface area contributed by atoms with Crippen molar-refractivity contribution in [1.29, 1.82) is 0 Å². The highest BCUT2D eigenvalue weighted by atomic mass is 14.4. The van der Waals surface area contributed by atoms with E-state index >= 15 is 0 Å². The second kappa shape index (κ2) is 3.81. The SMILES string of the molecule is CC[C@H]1C[C@H](C)[C@H](C)[C@@H](C)C1C. The third-order valence-corrected chi connectivity index (χ3v) is 4.50. The van der Waals surface area contributed by atoms with Crippen LogP contribution in [0.3, 0.4) is 0 Å². The number of rotatable bonds is 1. The molecule has 0 N–H and O–H groups in total. The maximum absolute atomic E-state index is 2.45. The topological polar surface area (TPSA) is 0 Å². The lowest BCUT2D eigenvalue weighted by atomic mass is 9.63. The minimum Gasteiger partial charge on any atom is -0.0651 e. The van der Waals surface area contributed by atoms with Crippen LogP contribution < -0.4 is 0 Å². The maximum Gasteiger partial charge on any atom is -0.0386 e. The first-order valence-electron chi connectivity index (χ1n) is 5.57. The van der Waals surface area contributed by atoms with Gasteiger partial charge in [-0.15, -0.1) is 0 Å². The third kappa shape index (κ3) is 1.67. The van der Waals surface area contributed by atoms with Gasteiger partial charge in [-0.2, -0.15) is 0 Å². The highest BCUT2D eigenvalue weighted by molar-refractivity contribution is 4.84. The van der Waals surface area contributed by atoms with Crippen molar-refractivity contribution in [3.8, 4) is 0 Å². The molecular formula is C12H24. The molecule has 1 aliphatic carbocycles. The molecule has 0 amide bonds. The van der Waals surface area contributed by atoms with Crippen LogP contribution in [0.15, 0.2) is 0 Å². The monoisotopic (exact) mass is 168 g/mol. The summed E-state index contributed by atoms with van der Waals surface area (Å²) in [5, 5.41) is 0. The van der Waals surface area contributed by atoms with Gasteiger partial charge in [0.15, 0.2) is 0 Å². The Morgan fingerprint density at radius 2 is 1.50 bits per heavy atom. The molecule has 0 aromatic carbocycles. The van der Waals surface area contributed by atoms with Crippen molar-refractivity contribution in [2.24, 2.45) is 29.6 Å². The van der Waals surface area contributed by atoms with Crippen LogP contribution in [-0.4, -0.2) is 0 Å². The van der Waals surface area contributed by atoms with Crippen LogP contribution in [0.4, 0.5) is 0 Å². The summed E-state index contributed by atoms with van der Waals surface area (Å²) in [5.41, 5.74) is 0. The van der Waals surface area contributed by atoms with Gasteiger partial charge in [-0.05, 0) is 36.0 Å². The van der Waals surface area contributed by atoms with Crippen LogP contribution in [0.25, 0.3) is 0 Å². The fourth-order valence-electron chi connectivity index (χ4n) is 2.87. The minimum atomic E-state index is 0.929. The van der Waals surface area contributed by atoms with Crippen LogP contribution in [0.1, 0.15) is 47.5 Å². The molecule has 0 aromatic heterocycles. The minimum absolute atomic E-state index is 0.929. The Labute approximate surface area is 77.7 Å². The summed E-state index contributed by atoms with van der Waals surface area (Å²) < 4.78 is 0. The average molecular weight is 168 g/mol. The highest BCUT2D eigenvalue weighted by Crippen LogP contribution is 2.42. The fraction of sp³-hybridized carbons (Fsp3) is 1.00. The van der Waals surface area contributed by atoms with Gasteiger partial charge >= 0.3 is 0 Å². The van der Waals surface area contributed by atoms with Gasteiger partial charge in [0.05, 0.1) is 0 Å². The van der Waals surface area contributed by atoms with Crippen molar-refractivity contribution < 1.29 is 0 Å². The summed E-state index contributed by atoms with van der Waals surface area (Å²) in [7, 11) is 0. The average Bonchev–Trinajstić information content (AvgIpc) is 2.08. The summed E-state index contributed by atoms with van der Waals surface area (Å²) in [6.45, 7) is 12.1. The lowest BCUT2D eigenvalue weighted by molar-refractivity contribution is 0.0737. The summed E-state index contributed by atoms with van der Waals surface area (Å²) in [6, 6.07) is 0. The van der Waals surface area contributed by atoms with Crippen molar-refractivity contribution in [1.82, 2.24) is 0 Å². The van der Waals surface area contributed by atoms with Crippen molar-refractivity contribution in [3.05, 3.63) is 0 Å². The Morgan fingerprint density at radius 1 is 0.917 bits per heavy atom. The molecule has 0 spiro atoms. The molecular weight excluding hydrogens is 144 g/mol. The first kappa shape index (κ1) is 10.1. The number of hydrogen-bond acceptors (Lipinski definition) is 0. The smallest absolute Gasteiger partial charge is 0.0386 e. The van der Waals surface area contributed by atoms with E-state index in [9.17, 15) is 0 Å². The normalized spacial score (nSPS) is 49.2. The van der Waals surface area contributed by atoms with Gasteiger partial charge in [0.2, 0.25) is 0 Å². The van der Waals surface area contributed by atoms with E-state index in [1.54, 1.807) is 0 Å². The van der Waals surface area contributed by atoms with Crippen LogP contribution in [0.5, 0.6) is 0 Å². The standard InChI is InChI=1S/C12H24/c1-6-12-7-8(2)9(3)10(4)11(12)5/h8-12H,6-7H2,1-5H3/t8-,9-,10+,11?,12-/m0/s1. The lowest BCUT2D eigenvalue weighted by Gasteiger charge is -2.42. The predicted octanol–water partition coefficient (Wildman–Crippen LogP) is 3.96. The van der Waals surface area contributed by atoms with Gasteiger partial charge in [0.25, 0.3) is 0 Å². The quantitative estimate of drug-likeness (QED) is 0.556. The molecule has 5 atom stereocenters. The van der Waals surface area contributed by atoms with E-state index in [1.807, 2.05) is 0 Å². The summed E-state index contributed by atoms with van der Waals surface area (Å²) in [6.07, 6.45) is 2.84. The van der Waals surface area contributed by atoms with Gasteiger partial charge in [0, 0.05) is 0 Å². The summed E-state index contributed by atoms with van der Waals surface area (Å²) in [4.78, 5) is 0. The first-order chi connectivity index (χ1) is 5.57. The highest BCUT2D eigenvalue weighted by Gasteiger charge is 2.34. The summed E-state index contributed by atoms with van der Waals surface area (Å²) >= 11 is 0. The second-order valence-electron chi connectivity index (χ2n) is 4.96. The van der Waals surface area contributed by atoms with Crippen LogP contribution in [0, 0.1) is 29.6 Å². The van der Waals surface area contributed by atoms with Gasteiger partial charge < -0.3 is 0 Å². The first-order valence-corrected chi connectivity index (χ1v) is 5.57. The van der Waals surface area contributed by atoms with Crippen molar-refractivity contribution in [3.63, 3.8) is 0 Å². The molecule has 1 saturated carbocycles. The van der Waals surface area contributed by atoms with E-state index in [-0.39, 0.29) is 0 Å². The van der Waals surface area contributed by atoms with Gasteiger partial charge in [0.1, 0.15) is 0 Å². The van der Waals surface area contributed by atoms with Crippen LogP contribution in [-0.2, 0) is 0 Å². The Kier molecular flexibility index (Phi) is 3.20. The molecule has 72 valence electrons. The molecule has 0 nitrogen and oxygen atoms in total. The largest absolute Gasteiger partial charge is 0.0651 e. The van der Waals surface area contributed by atoms with E-state index in [0.29, 0.717) is 0 Å². The zero-order chi connectivity index (χ0) is 9.30. The van der Waals surface area contributed by atoms with E-state index in [2.05, 4.69) is 34.6 Å². The molecule has 0 aliphatic heterocycles. The molecule has 0 aromatic rings. The molecule has 0 bridgehead atoms. The third-order valence-electron chi connectivity index (χ3n) is 4.50. The van der Waals surface area contributed by atoms with Gasteiger partial charge in [-0.25, -0.2) is 0 Å². The molecule has 1 unspecified atom stereocenters. The van der Waals surface area contributed by atoms with E-state index in [0.717, 1.165) is 29.6 Å². The molecule has 0 heteroatoms. The molecule has 1 fully saturated rings. The number of hydrogen-bond donors (Lipinski definition) is 0. The Hall–Kier alpha value is 0. The maximum atomic E-state index is 2.45. The second-order valence-corrected chi connectivity index (χ2v) is 4.96. The molecule has 12 heavy (non-hydrogen) atoms. The molecule has 0 heterocycles. The molecule has 1 aliphatic rings. The summed E-state index contributed by atoms with van der Waals surface area (Å²) in [5.74, 6) is 4.75. The fourth-order valence-corrected chi connectivity index (χ4v) is 2.87. The zero-order valence-electron chi connectivity index (χ0n) is 9.30. The van der Waals surface area contributed by atoms with Crippen molar-refractivity contribution in [2.45, 2.75) is 47.5 Å². The zero-order valence-corrected chi connectivity index (χ0v) is 9.30. The van der Waals surface area contributed by atoms with Crippen molar-refractivity contribution >= 4 is 0 Å². The van der Waals surface area contributed by atoms with E-state index in [4.69, 9.17) is 0 Å². The lowest BCUT2D eigenvalue weighted by Crippen LogP contribution is -2.34. The van der Waals surface area contributed by atoms with Gasteiger partial charge in [-0.1, -0.05) is 41.0 Å². The molecule has 1 rings (SSSR count). The van der Waals surface area contributed by atoms with Gasteiger partial charge in [-0.3, -0.25) is 0 Å².